The number of benzene rings is 1. The van der Waals surface area contributed by atoms with Crippen molar-refractivity contribution in [2.24, 2.45) is 0 Å². The highest BCUT2D eigenvalue weighted by Gasteiger charge is 1.96. The molecule has 0 saturated heterocycles. The van der Waals surface area contributed by atoms with Gasteiger partial charge in [0.15, 0.2) is 7.28 Å². The van der Waals surface area contributed by atoms with Gasteiger partial charge >= 0.3 is 0 Å². The molecule has 0 aliphatic heterocycles. The summed E-state index contributed by atoms with van der Waals surface area (Å²) in [4.78, 5) is 0. The minimum absolute atomic E-state index is 0.922. The van der Waals surface area contributed by atoms with Crippen LogP contribution in [-0.2, 0) is 0 Å². The second-order valence-corrected chi connectivity index (χ2v) is 4.10. The van der Waals surface area contributed by atoms with Crippen LogP contribution in [0.1, 0.15) is 6.42 Å². The fraction of sp³-hybridized carbons (Fsp3) is 0.455. The van der Waals surface area contributed by atoms with Gasteiger partial charge in [-0.3, -0.25) is 0 Å². The van der Waals surface area contributed by atoms with Gasteiger partial charge in [-0.25, -0.2) is 0 Å². The number of hydrogen-bond donors (Lipinski definition) is 0. The zero-order valence-electron chi connectivity index (χ0n) is 8.82. The Balaban J connectivity index is 2.29. The van der Waals surface area contributed by atoms with Crippen LogP contribution in [0.5, 0.6) is 5.75 Å². The van der Waals surface area contributed by atoms with Crippen molar-refractivity contribution < 1.29 is 4.74 Å². The molecule has 14 heavy (non-hydrogen) atoms. The molecule has 0 heterocycles. The molecule has 3 heteroatoms. The van der Waals surface area contributed by atoms with Gasteiger partial charge in [0.05, 0.1) is 7.11 Å². The SMILES string of the molecule is COc1ccc([B]CCCSC)cc1. The van der Waals surface area contributed by atoms with Gasteiger partial charge in [0.2, 0.25) is 0 Å². The number of rotatable bonds is 6. The first-order valence-electron chi connectivity index (χ1n) is 4.83. The molecular formula is C11H16BOS. The molecule has 1 radical (unpaired) electrons. The van der Waals surface area contributed by atoms with E-state index >= 15 is 0 Å². The number of methoxy groups -OCH3 is 1. The molecule has 0 amide bonds. The first-order chi connectivity index (χ1) is 6.86. The molecule has 0 N–H and O–H groups in total. The maximum atomic E-state index is 5.09. The predicted octanol–water partition coefficient (Wildman–Crippen LogP) is 2.20. The number of ether oxygens (including phenoxy) is 1. The van der Waals surface area contributed by atoms with Crippen molar-refractivity contribution >= 4 is 24.5 Å². The van der Waals surface area contributed by atoms with Crippen LogP contribution in [0.2, 0.25) is 6.32 Å². The lowest BCUT2D eigenvalue weighted by molar-refractivity contribution is 0.415. The van der Waals surface area contributed by atoms with Gasteiger partial charge in [-0.2, -0.15) is 11.8 Å². The first-order valence-corrected chi connectivity index (χ1v) is 6.22. The lowest BCUT2D eigenvalue weighted by Crippen LogP contribution is -2.12. The molecule has 1 rings (SSSR count). The van der Waals surface area contributed by atoms with Crippen LogP contribution in [0.4, 0.5) is 0 Å². The zero-order valence-corrected chi connectivity index (χ0v) is 9.64. The van der Waals surface area contributed by atoms with Crippen LogP contribution in [-0.4, -0.2) is 26.4 Å². The molecular weight excluding hydrogens is 191 g/mol. The Kier molecular flexibility index (Phi) is 5.61. The van der Waals surface area contributed by atoms with Gasteiger partial charge in [-0.15, -0.1) is 0 Å². The predicted molar refractivity (Wildman–Crippen MR) is 66.2 cm³/mol. The Morgan fingerprint density at radius 1 is 1.29 bits per heavy atom. The topological polar surface area (TPSA) is 9.23 Å². The summed E-state index contributed by atoms with van der Waals surface area (Å²) in [7, 11) is 3.97. The third kappa shape index (κ3) is 4.10. The molecule has 0 aromatic heterocycles. The van der Waals surface area contributed by atoms with E-state index in [1.807, 2.05) is 23.9 Å². The van der Waals surface area contributed by atoms with Crippen LogP contribution in [0.25, 0.3) is 0 Å². The molecule has 0 saturated carbocycles. The van der Waals surface area contributed by atoms with E-state index in [9.17, 15) is 0 Å². The van der Waals surface area contributed by atoms with E-state index in [2.05, 4.69) is 25.7 Å². The maximum absolute atomic E-state index is 5.09. The summed E-state index contributed by atoms with van der Waals surface area (Å²) in [5.74, 6) is 2.17. The zero-order chi connectivity index (χ0) is 10.2. The lowest BCUT2D eigenvalue weighted by Gasteiger charge is -2.02. The van der Waals surface area contributed by atoms with Crippen LogP contribution in [0, 0.1) is 0 Å². The second kappa shape index (κ2) is 6.82. The first kappa shape index (κ1) is 11.5. The summed E-state index contributed by atoms with van der Waals surface area (Å²) in [5.41, 5.74) is 1.28. The Hall–Kier alpha value is -0.565. The molecule has 0 unspecified atom stereocenters. The summed E-state index contributed by atoms with van der Waals surface area (Å²) in [6.45, 7) is 0. The van der Waals surface area contributed by atoms with Crippen molar-refractivity contribution in [3.8, 4) is 5.75 Å². The van der Waals surface area contributed by atoms with Crippen LogP contribution >= 0.6 is 11.8 Å². The molecule has 0 aliphatic rings. The highest BCUT2D eigenvalue weighted by Crippen LogP contribution is 2.06. The lowest BCUT2D eigenvalue weighted by atomic mass is 9.66. The molecule has 1 nitrogen and oxygen atoms in total. The van der Waals surface area contributed by atoms with E-state index in [0.29, 0.717) is 0 Å². The van der Waals surface area contributed by atoms with E-state index < -0.39 is 0 Å². The third-order valence-corrected chi connectivity index (χ3v) is 2.75. The third-order valence-electron chi connectivity index (χ3n) is 2.05. The van der Waals surface area contributed by atoms with Crippen molar-refractivity contribution in [2.45, 2.75) is 12.7 Å². The minimum atomic E-state index is 0.922. The molecule has 0 aliphatic carbocycles. The minimum Gasteiger partial charge on any atom is -0.497 e. The second-order valence-electron chi connectivity index (χ2n) is 3.11. The van der Waals surface area contributed by atoms with E-state index in [0.717, 1.165) is 12.1 Å². The van der Waals surface area contributed by atoms with Crippen LogP contribution in [0.3, 0.4) is 0 Å². The number of thioether (sulfide) groups is 1. The number of hydrogen-bond acceptors (Lipinski definition) is 2. The molecule has 75 valence electrons. The van der Waals surface area contributed by atoms with Crippen LogP contribution in [0.15, 0.2) is 24.3 Å². The highest BCUT2D eigenvalue weighted by molar-refractivity contribution is 7.98. The maximum Gasteiger partial charge on any atom is 0.151 e. The molecule has 1 aromatic rings. The molecule has 0 bridgehead atoms. The molecule has 0 fully saturated rings. The summed E-state index contributed by atoms with van der Waals surface area (Å²) >= 11 is 1.90. The van der Waals surface area contributed by atoms with Gasteiger partial charge < -0.3 is 4.74 Å². The Bertz CT molecular complexity index is 248. The van der Waals surface area contributed by atoms with E-state index in [4.69, 9.17) is 4.74 Å². The monoisotopic (exact) mass is 207 g/mol. The quantitative estimate of drug-likeness (QED) is 0.522. The van der Waals surface area contributed by atoms with E-state index in [1.54, 1.807) is 7.11 Å². The van der Waals surface area contributed by atoms with Crippen molar-refractivity contribution in [3.63, 3.8) is 0 Å². The van der Waals surface area contributed by atoms with Gasteiger partial charge in [0.25, 0.3) is 0 Å². The fourth-order valence-electron chi connectivity index (χ4n) is 1.24. The standard InChI is InChI=1S/C11H16BOS/c1-13-11-6-4-10(5-7-11)12-8-3-9-14-2/h4-7H,3,8-9H2,1-2H3. The van der Waals surface area contributed by atoms with E-state index in [1.165, 1.54) is 17.6 Å². The Labute approximate surface area is 91.5 Å². The van der Waals surface area contributed by atoms with Gasteiger partial charge in [0.1, 0.15) is 5.75 Å². The van der Waals surface area contributed by atoms with Crippen molar-refractivity contribution in [3.05, 3.63) is 24.3 Å². The highest BCUT2D eigenvalue weighted by atomic mass is 32.2. The van der Waals surface area contributed by atoms with E-state index in [-0.39, 0.29) is 0 Å². The Morgan fingerprint density at radius 2 is 2.00 bits per heavy atom. The Morgan fingerprint density at radius 3 is 2.57 bits per heavy atom. The average Bonchev–Trinajstić information content (AvgIpc) is 2.25. The summed E-state index contributed by atoms with van der Waals surface area (Å²) in [5, 5.41) is 0. The molecule has 0 atom stereocenters. The fourth-order valence-corrected chi connectivity index (χ4v) is 1.69. The summed E-state index contributed by atoms with van der Waals surface area (Å²) in [6.07, 6.45) is 4.56. The van der Waals surface area contributed by atoms with Crippen molar-refractivity contribution in [2.75, 3.05) is 19.1 Å². The summed E-state index contributed by atoms with van der Waals surface area (Å²) < 4.78 is 5.09. The van der Waals surface area contributed by atoms with Crippen molar-refractivity contribution in [1.29, 1.82) is 0 Å². The van der Waals surface area contributed by atoms with Crippen LogP contribution < -0.4 is 10.2 Å². The smallest absolute Gasteiger partial charge is 0.151 e. The van der Waals surface area contributed by atoms with Gasteiger partial charge in [-0.1, -0.05) is 30.3 Å². The van der Waals surface area contributed by atoms with Crippen molar-refractivity contribution in [1.82, 2.24) is 0 Å². The van der Waals surface area contributed by atoms with Gasteiger partial charge in [0, 0.05) is 0 Å². The molecule has 1 aromatic carbocycles. The largest absolute Gasteiger partial charge is 0.497 e. The summed E-state index contributed by atoms with van der Waals surface area (Å²) in [6, 6.07) is 8.19. The normalized spacial score (nSPS) is 9.86. The average molecular weight is 207 g/mol. The van der Waals surface area contributed by atoms with Gasteiger partial charge in [-0.05, 0) is 24.1 Å². The molecule has 0 spiro atoms.